The lowest BCUT2D eigenvalue weighted by atomic mass is 10.2. The fourth-order valence-corrected chi connectivity index (χ4v) is 2.01. The summed E-state index contributed by atoms with van der Waals surface area (Å²) < 4.78 is 0.273. The van der Waals surface area contributed by atoms with Gasteiger partial charge in [0.15, 0.2) is 0 Å². The highest BCUT2D eigenvalue weighted by atomic mass is 35.5. The van der Waals surface area contributed by atoms with Crippen molar-refractivity contribution >= 4 is 45.6 Å². The second-order valence-electron chi connectivity index (χ2n) is 2.79. The minimum atomic E-state index is -0.335. The van der Waals surface area contributed by atoms with Crippen LogP contribution in [0.4, 0.5) is 5.13 Å². The van der Waals surface area contributed by atoms with Crippen molar-refractivity contribution in [2.75, 3.05) is 5.32 Å². The third-order valence-corrected chi connectivity index (χ3v) is 3.00. The van der Waals surface area contributed by atoms with E-state index >= 15 is 0 Å². The van der Waals surface area contributed by atoms with Crippen molar-refractivity contribution in [2.45, 2.75) is 0 Å². The Morgan fingerprint density at radius 2 is 2.00 bits per heavy atom. The van der Waals surface area contributed by atoms with Gasteiger partial charge < -0.3 is 0 Å². The molecule has 0 aliphatic heterocycles. The highest BCUT2D eigenvalue weighted by Crippen LogP contribution is 2.21. The summed E-state index contributed by atoms with van der Waals surface area (Å²) in [5, 5.41) is 10.5. The number of nitrogens with one attached hydrogen (secondary N) is 1. The Kier molecular flexibility index (Phi) is 3.38. The third-order valence-electron chi connectivity index (χ3n) is 1.74. The summed E-state index contributed by atoms with van der Waals surface area (Å²) in [6.07, 6.45) is 0. The van der Waals surface area contributed by atoms with Gasteiger partial charge in [0.25, 0.3) is 5.91 Å². The highest BCUT2D eigenvalue weighted by Gasteiger charge is 2.11. The number of nitrogens with zero attached hydrogens (tertiary/aromatic N) is 2. The standard InChI is InChI=1S/C9H5Cl2N3OS/c10-6-4-2-1-3-5(6)7(15)12-9-14-13-8(11)16-9/h1-4H,(H,12,14,15). The minimum absolute atomic E-state index is 0.273. The van der Waals surface area contributed by atoms with Gasteiger partial charge in [-0.15, -0.1) is 10.2 Å². The first-order valence-corrected chi connectivity index (χ1v) is 5.79. The van der Waals surface area contributed by atoms with Crippen LogP contribution >= 0.6 is 34.5 Å². The Morgan fingerprint density at radius 1 is 1.25 bits per heavy atom. The number of carbonyl (C=O) groups is 1. The maximum atomic E-state index is 11.7. The molecule has 7 heteroatoms. The summed E-state index contributed by atoms with van der Waals surface area (Å²) >= 11 is 12.5. The number of benzene rings is 1. The topological polar surface area (TPSA) is 54.9 Å². The largest absolute Gasteiger partial charge is 0.296 e. The molecule has 0 spiro atoms. The van der Waals surface area contributed by atoms with Crippen molar-refractivity contribution in [2.24, 2.45) is 0 Å². The third kappa shape index (κ3) is 2.49. The molecule has 1 amide bonds. The lowest BCUT2D eigenvalue weighted by Crippen LogP contribution is -2.12. The smallest absolute Gasteiger partial charge is 0.259 e. The van der Waals surface area contributed by atoms with Gasteiger partial charge >= 0.3 is 0 Å². The second-order valence-corrected chi connectivity index (χ2v) is 4.76. The van der Waals surface area contributed by atoms with Gasteiger partial charge in [0.2, 0.25) is 9.60 Å². The fourth-order valence-electron chi connectivity index (χ4n) is 1.07. The molecular weight excluding hydrogens is 269 g/mol. The SMILES string of the molecule is O=C(Nc1nnc(Cl)s1)c1ccccc1Cl. The van der Waals surface area contributed by atoms with Gasteiger partial charge in [0.1, 0.15) is 0 Å². The van der Waals surface area contributed by atoms with E-state index in [0.29, 0.717) is 15.7 Å². The van der Waals surface area contributed by atoms with Crippen LogP contribution in [0.15, 0.2) is 24.3 Å². The number of amides is 1. The van der Waals surface area contributed by atoms with E-state index < -0.39 is 0 Å². The molecule has 0 saturated heterocycles. The Labute approximate surface area is 105 Å². The van der Waals surface area contributed by atoms with Crippen molar-refractivity contribution in [1.82, 2.24) is 10.2 Å². The zero-order chi connectivity index (χ0) is 11.5. The van der Waals surface area contributed by atoms with E-state index in [1.807, 2.05) is 0 Å². The normalized spacial score (nSPS) is 10.1. The van der Waals surface area contributed by atoms with E-state index in [0.717, 1.165) is 11.3 Å². The van der Waals surface area contributed by atoms with E-state index in [1.54, 1.807) is 24.3 Å². The zero-order valence-corrected chi connectivity index (χ0v) is 10.1. The second kappa shape index (κ2) is 4.78. The summed E-state index contributed by atoms with van der Waals surface area (Å²) in [5.41, 5.74) is 0.385. The van der Waals surface area contributed by atoms with Gasteiger partial charge in [-0.3, -0.25) is 10.1 Å². The molecule has 0 radical (unpaired) electrons. The zero-order valence-electron chi connectivity index (χ0n) is 7.78. The summed E-state index contributed by atoms with van der Waals surface area (Å²) in [5.74, 6) is -0.335. The van der Waals surface area contributed by atoms with Crippen LogP contribution in [0.3, 0.4) is 0 Å². The van der Waals surface area contributed by atoms with E-state index in [1.165, 1.54) is 0 Å². The molecule has 0 saturated carbocycles. The number of rotatable bonds is 2. The van der Waals surface area contributed by atoms with Crippen molar-refractivity contribution in [3.63, 3.8) is 0 Å². The highest BCUT2D eigenvalue weighted by molar-refractivity contribution is 7.19. The first kappa shape index (κ1) is 11.3. The first-order chi connectivity index (χ1) is 7.66. The van der Waals surface area contributed by atoms with Crippen molar-refractivity contribution in [3.05, 3.63) is 39.3 Å². The molecule has 1 aromatic heterocycles. The van der Waals surface area contributed by atoms with E-state index in [-0.39, 0.29) is 10.4 Å². The predicted molar refractivity (Wildman–Crippen MR) is 64.3 cm³/mol. The Balaban J connectivity index is 2.18. The van der Waals surface area contributed by atoms with Crippen LogP contribution in [0.1, 0.15) is 10.4 Å². The molecule has 82 valence electrons. The molecule has 2 rings (SSSR count). The predicted octanol–water partition coefficient (Wildman–Crippen LogP) is 3.10. The Hall–Kier alpha value is -1.17. The molecule has 1 aromatic carbocycles. The number of hydrogen-bond acceptors (Lipinski definition) is 4. The molecule has 0 aliphatic rings. The van der Waals surface area contributed by atoms with E-state index in [9.17, 15) is 4.79 Å². The van der Waals surface area contributed by atoms with Crippen molar-refractivity contribution in [1.29, 1.82) is 0 Å². The van der Waals surface area contributed by atoms with Crippen LogP contribution in [0, 0.1) is 0 Å². The molecule has 4 nitrogen and oxygen atoms in total. The monoisotopic (exact) mass is 273 g/mol. The van der Waals surface area contributed by atoms with Crippen LogP contribution < -0.4 is 5.32 Å². The number of hydrogen-bond donors (Lipinski definition) is 1. The molecular formula is C9H5Cl2N3OS. The molecule has 1 heterocycles. The van der Waals surface area contributed by atoms with Crippen LogP contribution in [-0.4, -0.2) is 16.1 Å². The summed E-state index contributed by atoms with van der Waals surface area (Å²) in [6.45, 7) is 0. The van der Waals surface area contributed by atoms with Crippen LogP contribution in [0.5, 0.6) is 0 Å². The van der Waals surface area contributed by atoms with Gasteiger partial charge in [-0.05, 0) is 23.7 Å². The Morgan fingerprint density at radius 3 is 2.62 bits per heavy atom. The Bertz CT molecular complexity index is 529. The molecule has 0 atom stereocenters. The first-order valence-electron chi connectivity index (χ1n) is 4.21. The van der Waals surface area contributed by atoms with Gasteiger partial charge in [-0.1, -0.05) is 35.1 Å². The summed E-state index contributed by atoms with van der Waals surface area (Å²) in [6, 6.07) is 6.75. The van der Waals surface area contributed by atoms with Gasteiger partial charge in [0, 0.05) is 0 Å². The van der Waals surface area contributed by atoms with Crippen molar-refractivity contribution in [3.8, 4) is 0 Å². The maximum Gasteiger partial charge on any atom is 0.259 e. The number of halogens is 2. The quantitative estimate of drug-likeness (QED) is 0.915. The van der Waals surface area contributed by atoms with Gasteiger partial charge in [-0.2, -0.15) is 0 Å². The molecule has 2 aromatic rings. The number of anilines is 1. The summed E-state index contributed by atoms with van der Waals surface area (Å²) in [4.78, 5) is 11.7. The van der Waals surface area contributed by atoms with Gasteiger partial charge in [-0.25, -0.2) is 0 Å². The molecule has 0 aliphatic carbocycles. The molecule has 0 fully saturated rings. The van der Waals surface area contributed by atoms with E-state index in [4.69, 9.17) is 23.2 Å². The fraction of sp³-hybridized carbons (Fsp3) is 0. The average Bonchev–Trinajstić information content (AvgIpc) is 2.64. The summed E-state index contributed by atoms with van der Waals surface area (Å²) in [7, 11) is 0. The van der Waals surface area contributed by atoms with Crippen LogP contribution in [0.2, 0.25) is 9.49 Å². The number of aromatic nitrogens is 2. The van der Waals surface area contributed by atoms with Crippen molar-refractivity contribution < 1.29 is 4.79 Å². The molecule has 1 N–H and O–H groups in total. The van der Waals surface area contributed by atoms with Crippen LogP contribution in [-0.2, 0) is 0 Å². The average molecular weight is 274 g/mol. The number of carbonyl (C=O) groups excluding carboxylic acids is 1. The lowest BCUT2D eigenvalue weighted by molar-refractivity contribution is 0.102. The maximum absolute atomic E-state index is 11.7. The molecule has 0 bridgehead atoms. The van der Waals surface area contributed by atoms with Gasteiger partial charge in [0.05, 0.1) is 10.6 Å². The van der Waals surface area contributed by atoms with E-state index in [2.05, 4.69) is 15.5 Å². The molecule has 0 unspecified atom stereocenters. The molecule has 16 heavy (non-hydrogen) atoms. The van der Waals surface area contributed by atoms with Crippen LogP contribution in [0.25, 0.3) is 0 Å². The minimum Gasteiger partial charge on any atom is -0.296 e. The lowest BCUT2D eigenvalue weighted by Gasteiger charge is -2.02.